The number of likely N-dealkylation sites (tertiary alicyclic amines) is 1. The second-order valence-electron chi connectivity index (χ2n) is 7.96. The Balaban J connectivity index is 1.33. The van der Waals surface area contributed by atoms with E-state index in [1.54, 1.807) is 11.0 Å². The number of amides is 2. The summed E-state index contributed by atoms with van der Waals surface area (Å²) in [7, 11) is 0. The van der Waals surface area contributed by atoms with Gasteiger partial charge in [-0.05, 0) is 17.7 Å². The van der Waals surface area contributed by atoms with Gasteiger partial charge >= 0.3 is 0 Å². The zero-order valence-electron chi connectivity index (χ0n) is 15.8. The summed E-state index contributed by atoms with van der Waals surface area (Å²) in [6, 6.07) is 18.9. The summed E-state index contributed by atoms with van der Waals surface area (Å²) in [5, 5.41) is 0.898. The van der Waals surface area contributed by atoms with Crippen LogP contribution in [0.4, 0.5) is 0 Å². The number of rotatable bonds is 2. The van der Waals surface area contributed by atoms with Crippen molar-refractivity contribution in [3.05, 3.63) is 72.0 Å². The summed E-state index contributed by atoms with van der Waals surface area (Å²) < 4.78 is 12.1. The van der Waals surface area contributed by atoms with E-state index in [1.807, 2.05) is 59.5 Å². The molecular formula is C23H20N2O4. The first kappa shape index (κ1) is 16.8. The van der Waals surface area contributed by atoms with Crippen LogP contribution in [0.5, 0.6) is 0 Å². The number of hydrogen-bond acceptors (Lipinski definition) is 4. The summed E-state index contributed by atoms with van der Waals surface area (Å²) in [5.74, 6) is 0.180. The summed E-state index contributed by atoms with van der Waals surface area (Å²) >= 11 is 0. The maximum Gasteiger partial charge on any atom is 0.290 e. The highest BCUT2D eigenvalue weighted by molar-refractivity contribution is 5.97. The molecule has 6 nitrogen and oxygen atoms in total. The van der Waals surface area contributed by atoms with Crippen molar-refractivity contribution in [1.82, 2.24) is 9.80 Å². The molecule has 3 aliphatic heterocycles. The number of carbonyl (C=O) groups excluding carboxylic acids is 2. The van der Waals surface area contributed by atoms with E-state index < -0.39 is 5.72 Å². The van der Waals surface area contributed by atoms with Gasteiger partial charge in [0.1, 0.15) is 5.58 Å². The summed E-state index contributed by atoms with van der Waals surface area (Å²) in [5.41, 5.74) is 1.04. The smallest absolute Gasteiger partial charge is 0.290 e. The maximum atomic E-state index is 13.2. The molecule has 0 aliphatic carbocycles. The highest BCUT2D eigenvalue weighted by atomic mass is 16.5. The number of furan rings is 1. The molecule has 3 aliphatic rings. The normalized spacial score (nSPS) is 28.2. The predicted octanol–water partition coefficient (Wildman–Crippen LogP) is 3.35. The van der Waals surface area contributed by atoms with E-state index in [4.69, 9.17) is 9.15 Å². The van der Waals surface area contributed by atoms with Crippen LogP contribution >= 0.6 is 0 Å². The first-order valence-electron chi connectivity index (χ1n) is 9.98. The third kappa shape index (κ3) is 2.26. The van der Waals surface area contributed by atoms with Crippen molar-refractivity contribution in [3.8, 4) is 0 Å². The van der Waals surface area contributed by atoms with Gasteiger partial charge in [0.05, 0.1) is 25.1 Å². The van der Waals surface area contributed by atoms with Gasteiger partial charge in [-0.15, -0.1) is 0 Å². The van der Waals surface area contributed by atoms with E-state index >= 15 is 0 Å². The third-order valence-electron chi connectivity index (χ3n) is 6.54. The van der Waals surface area contributed by atoms with E-state index in [2.05, 4.69) is 0 Å². The second kappa shape index (κ2) is 5.94. The van der Waals surface area contributed by atoms with Gasteiger partial charge in [0.15, 0.2) is 11.5 Å². The standard InChI is InChI=1S/C23H20N2O4/c26-21-13-20-23(25(21)17(14-28-23)15-6-2-1-3-7-15)10-11-24(20)22(27)19-12-16-8-4-5-9-18(16)29-19/h1-9,12,17,20H,10-11,13-14H2/t17-,20+,23-/m0/s1. The zero-order valence-corrected chi connectivity index (χ0v) is 15.8. The molecule has 3 fully saturated rings. The van der Waals surface area contributed by atoms with Crippen LogP contribution in [0.3, 0.4) is 0 Å². The highest BCUT2D eigenvalue weighted by Crippen LogP contribution is 2.51. The Kier molecular flexibility index (Phi) is 3.44. The minimum Gasteiger partial charge on any atom is -0.451 e. The Morgan fingerprint density at radius 3 is 2.69 bits per heavy atom. The molecule has 6 heteroatoms. The minimum absolute atomic E-state index is 0.0449. The molecule has 2 aromatic carbocycles. The molecule has 4 heterocycles. The van der Waals surface area contributed by atoms with Crippen molar-refractivity contribution in [3.63, 3.8) is 0 Å². The molecule has 3 saturated heterocycles. The molecular weight excluding hydrogens is 368 g/mol. The zero-order chi connectivity index (χ0) is 19.6. The molecule has 0 unspecified atom stereocenters. The molecule has 3 aromatic rings. The van der Waals surface area contributed by atoms with Crippen LogP contribution in [0.25, 0.3) is 11.0 Å². The fourth-order valence-corrected chi connectivity index (χ4v) is 5.24. The maximum absolute atomic E-state index is 13.2. The highest BCUT2D eigenvalue weighted by Gasteiger charge is 2.65. The molecule has 1 aromatic heterocycles. The summed E-state index contributed by atoms with van der Waals surface area (Å²) in [4.78, 5) is 29.9. The third-order valence-corrected chi connectivity index (χ3v) is 6.54. The largest absolute Gasteiger partial charge is 0.451 e. The predicted molar refractivity (Wildman–Crippen MR) is 105 cm³/mol. The van der Waals surface area contributed by atoms with Gasteiger partial charge in [0, 0.05) is 18.4 Å². The van der Waals surface area contributed by atoms with Gasteiger partial charge < -0.3 is 19.0 Å². The lowest BCUT2D eigenvalue weighted by Crippen LogP contribution is -2.49. The van der Waals surface area contributed by atoms with Crippen LogP contribution in [0.1, 0.15) is 35.0 Å². The van der Waals surface area contributed by atoms with E-state index in [0.29, 0.717) is 30.9 Å². The number of nitrogens with zero attached hydrogens (tertiary/aromatic N) is 2. The average Bonchev–Trinajstić information content (AvgIpc) is 3.48. The molecule has 2 amide bonds. The van der Waals surface area contributed by atoms with Gasteiger partial charge in [-0.3, -0.25) is 9.59 Å². The first-order chi connectivity index (χ1) is 14.2. The molecule has 1 spiro atoms. The van der Waals surface area contributed by atoms with Gasteiger partial charge in [-0.1, -0.05) is 48.5 Å². The first-order valence-corrected chi connectivity index (χ1v) is 9.98. The van der Waals surface area contributed by atoms with Crippen LogP contribution in [0, 0.1) is 0 Å². The van der Waals surface area contributed by atoms with Crippen molar-refractivity contribution >= 4 is 22.8 Å². The number of carbonyl (C=O) groups is 2. The van der Waals surface area contributed by atoms with Crippen LogP contribution in [-0.4, -0.2) is 46.5 Å². The number of benzene rings is 2. The van der Waals surface area contributed by atoms with Crippen molar-refractivity contribution < 1.29 is 18.7 Å². The molecule has 0 saturated carbocycles. The van der Waals surface area contributed by atoms with Crippen LogP contribution < -0.4 is 0 Å². The second-order valence-corrected chi connectivity index (χ2v) is 7.96. The van der Waals surface area contributed by atoms with E-state index in [9.17, 15) is 9.59 Å². The van der Waals surface area contributed by atoms with Gasteiger partial charge in [-0.25, -0.2) is 0 Å². The van der Waals surface area contributed by atoms with E-state index in [0.717, 1.165) is 10.9 Å². The van der Waals surface area contributed by atoms with Crippen molar-refractivity contribution in [2.75, 3.05) is 13.2 Å². The Hall–Kier alpha value is -3.12. The molecule has 0 bridgehead atoms. The molecule has 29 heavy (non-hydrogen) atoms. The van der Waals surface area contributed by atoms with Crippen molar-refractivity contribution in [1.29, 1.82) is 0 Å². The lowest BCUT2D eigenvalue weighted by molar-refractivity contribution is -0.138. The van der Waals surface area contributed by atoms with Gasteiger partial charge in [-0.2, -0.15) is 0 Å². The Morgan fingerprint density at radius 2 is 1.86 bits per heavy atom. The van der Waals surface area contributed by atoms with Crippen LogP contribution in [0.2, 0.25) is 0 Å². The number of ether oxygens (including phenoxy) is 1. The van der Waals surface area contributed by atoms with E-state index in [1.165, 1.54) is 0 Å². The number of para-hydroxylation sites is 1. The SMILES string of the molecule is O=C(c1cc2ccccc2o1)N1CC[C@@]23OC[C@@H](c4ccccc4)N2C(=O)C[C@@H]13. The Labute approximate surface area is 167 Å². The van der Waals surface area contributed by atoms with Crippen molar-refractivity contribution in [2.24, 2.45) is 0 Å². The summed E-state index contributed by atoms with van der Waals surface area (Å²) in [6.45, 7) is 1.00. The molecule has 0 N–H and O–H groups in total. The quantitative estimate of drug-likeness (QED) is 0.675. The molecule has 6 rings (SSSR count). The lowest BCUT2D eigenvalue weighted by atomic mass is 10.0. The fraction of sp³-hybridized carbons (Fsp3) is 0.304. The summed E-state index contributed by atoms with van der Waals surface area (Å²) in [6.07, 6.45) is 0.911. The van der Waals surface area contributed by atoms with E-state index in [-0.39, 0.29) is 30.3 Å². The van der Waals surface area contributed by atoms with Crippen molar-refractivity contribution in [2.45, 2.75) is 30.7 Å². The van der Waals surface area contributed by atoms with Gasteiger partial charge in [0.25, 0.3) is 5.91 Å². The Morgan fingerprint density at radius 1 is 1.07 bits per heavy atom. The number of fused-ring (bicyclic) bond motifs is 1. The monoisotopic (exact) mass is 388 g/mol. The van der Waals surface area contributed by atoms with Crippen LogP contribution in [0.15, 0.2) is 65.1 Å². The number of hydrogen-bond donors (Lipinski definition) is 0. The van der Waals surface area contributed by atoms with Gasteiger partial charge in [0.2, 0.25) is 5.91 Å². The molecule has 3 atom stereocenters. The lowest BCUT2D eigenvalue weighted by Gasteiger charge is -2.33. The Bertz CT molecular complexity index is 1090. The topological polar surface area (TPSA) is 63.0 Å². The average molecular weight is 388 g/mol. The fourth-order valence-electron chi connectivity index (χ4n) is 5.24. The molecule has 146 valence electrons. The molecule has 0 radical (unpaired) electrons. The van der Waals surface area contributed by atoms with Crippen LogP contribution in [-0.2, 0) is 9.53 Å². The minimum atomic E-state index is -0.723.